The Morgan fingerprint density at radius 2 is 2.06 bits per heavy atom. The molecule has 0 aromatic carbocycles. The van der Waals surface area contributed by atoms with Gasteiger partial charge in [0, 0.05) is 12.3 Å². The summed E-state index contributed by atoms with van der Waals surface area (Å²) in [7, 11) is 0. The quantitative estimate of drug-likeness (QED) is 0.598. The van der Waals surface area contributed by atoms with Crippen molar-refractivity contribution < 1.29 is 23.9 Å². The summed E-state index contributed by atoms with van der Waals surface area (Å²) in [5.41, 5.74) is -0.653. The lowest BCUT2D eigenvalue weighted by molar-refractivity contribution is -0.183. The molecular weight excluding hydrogens is 236 g/mol. The van der Waals surface area contributed by atoms with Gasteiger partial charge in [-0.15, -0.1) is 0 Å². The summed E-state index contributed by atoms with van der Waals surface area (Å²) in [6.07, 6.45) is 1.54. The van der Waals surface area contributed by atoms with E-state index in [1.165, 1.54) is 6.92 Å². The predicted octanol–water partition coefficient (Wildman–Crippen LogP) is 0.850. The smallest absolute Gasteiger partial charge is 0.347 e. The molecule has 0 N–H and O–H groups in total. The third kappa shape index (κ3) is 1.36. The van der Waals surface area contributed by atoms with E-state index in [0.29, 0.717) is 25.9 Å². The highest BCUT2D eigenvalue weighted by Crippen LogP contribution is 2.61. The van der Waals surface area contributed by atoms with E-state index in [0.717, 1.165) is 6.42 Å². The molecule has 0 aromatic heterocycles. The Bertz CT molecular complexity index is 429. The molecule has 0 amide bonds. The fourth-order valence-corrected chi connectivity index (χ4v) is 3.65. The Labute approximate surface area is 105 Å². The number of carbonyl (C=O) groups is 3. The van der Waals surface area contributed by atoms with Crippen LogP contribution in [0.4, 0.5) is 0 Å². The van der Waals surface area contributed by atoms with Gasteiger partial charge in [0.1, 0.15) is 5.78 Å². The van der Waals surface area contributed by atoms with Crippen molar-refractivity contribution in [1.82, 2.24) is 0 Å². The maximum atomic E-state index is 12.3. The molecule has 0 unspecified atom stereocenters. The fourth-order valence-electron chi connectivity index (χ4n) is 3.65. The van der Waals surface area contributed by atoms with E-state index in [-0.39, 0.29) is 23.6 Å². The van der Waals surface area contributed by atoms with Gasteiger partial charge in [-0.2, -0.15) is 0 Å². The molecule has 0 bridgehead atoms. The minimum atomic E-state index is -0.873. The summed E-state index contributed by atoms with van der Waals surface area (Å²) < 4.78 is 10.3. The normalized spacial score (nSPS) is 43.6. The number of carbonyl (C=O) groups excluding carboxylic acids is 3. The number of cyclic esters (lactones) is 2. The van der Waals surface area contributed by atoms with Crippen LogP contribution in [-0.2, 0) is 23.9 Å². The van der Waals surface area contributed by atoms with Crippen LogP contribution in [-0.4, -0.2) is 30.4 Å². The monoisotopic (exact) mass is 252 g/mol. The lowest BCUT2D eigenvalue weighted by Gasteiger charge is -2.49. The van der Waals surface area contributed by atoms with Crippen LogP contribution >= 0.6 is 0 Å². The zero-order chi connectivity index (χ0) is 12.9. The van der Waals surface area contributed by atoms with Gasteiger partial charge >= 0.3 is 11.9 Å². The summed E-state index contributed by atoms with van der Waals surface area (Å²) in [5, 5.41) is 0. The number of Topliss-reactive ketones (excluding diaryl/α,β-unsaturated/α-hetero) is 1. The van der Waals surface area contributed by atoms with Crippen LogP contribution < -0.4 is 0 Å². The van der Waals surface area contributed by atoms with E-state index in [4.69, 9.17) is 9.47 Å². The molecule has 2 saturated carbocycles. The topological polar surface area (TPSA) is 69.7 Å². The Balaban J connectivity index is 1.91. The Kier molecular flexibility index (Phi) is 2.47. The molecule has 4 atom stereocenters. The SMILES string of the molecule is C[C@@H]1OC(=O)[C@]23CCC(=O)[C@H]2C[C@@H]3CCOC1=O. The number of hydrogen-bond acceptors (Lipinski definition) is 5. The summed E-state index contributed by atoms with van der Waals surface area (Å²) in [6.45, 7) is 1.83. The second kappa shape index (κ2) is 3.80. The molecule has 98 valence electrons. The van der Waals surface area contributed by atoms with Gasteiger partial charge in [-0.05, 0) is 32.1 Å². The molecule has 1 saturated heterocycles. The van der Waals surface area contributed by atoms with Crippen molar-refractivity contribution in [1.29, 1.82) is 0 Å². The maximum absolute atomic E-state index is 12.3. The minimum Gasteiger partial charge on any atom is -0.463 e. The van der Waals surface area contributed by atoms with Gasteiger partial charge in [-0.1, -0.05) is 0 Å². The number of hydrogen-bond donors (Lipinski definition) is 0. The maximum Gasteiger partial charge on any atom is 0.347 e. The van der Waals surface area contributed by atoms with E-state index >= 15 is 0 Å². The Morgan fingerprint density at radius 3 is 2.78 bits per heavy atom. The first-order chi connectivity index (χ1) is 8.55. The van der Waals surface area contributed by atoms with Crippen molar-refractivity contribution in [3.63, 3.8) is 0 Å². The van der Waals surface area contributed by atoms with Crippen molar-refractivity contribution in [2.24, 2.45) is 17.3 Å². The molecule has 1 aliphatic heterocycles. The third-order valence-corrected chi connectivity index (χ3v) is 4.75. The molecule has 3 fully saturated rings. The van der Waals surface area contributed by atoms with Crippen LogP contribution in [0.15, 0.2) is 0 Å². The highest BCUT2D eigenvalue weighted by Gasteiger charge is 2.66. The molecule has 0 aromatic rings. The van der Waals surface area contributed by atoms with Gasteiger partial charge in [0.25, 0.3) is 0 Å². The Hall–Kier alpha value is -1.39. The Morgan fingerprint density at radius 1 is 1.28 bits per heavy atom. The van der Waals surface area contributed by atoms with E-state index < -0.39 is 17.5 Å². The van der Waals surface area contributed by atoms with Gasteiger partial charge in [-0.25, -0.2) is 4.79 Å². The van der Waals surface area contributed by atoms with Gasteiger partial charge in [0.15, 0.2) is 6.10 Å². The second-order valence-corrected chi connectivity index (χ2v) is 5.50. The van der Waals surface area contributed by atoms with Crippen LogP contribution in [0.1, 0.15) is 32.6 Å². The summed E-state index contributed by atoms with van der Waals surface area (Å²) >= 11 is 0. The molecule has 5 heteroatoms. The zero-order valence-corrected chi connectivity index (χ0v) is 10.3. The summed E-state index contributed by atoms with van der Waals surface area (Å²) in [4.78, 5) is 35.5. The number of ketones is 1. The van der Waals surface area contributed by atoms with E-state index in [9.17, 15) is 14.4 Å². The minimum absolute atomic E-state index is 0.125. The van der Waals surface area contributed by atoms with Crippen LogP contribution in [0.3, 0.4) is 0 Å². The number of esters is 2. The lowest BCUT2D eigenvalue weighted by Crippen LogP contribution is -2.54. The van der Waals surface area contributed by atoms with Crippen LogP contribution in [0.2, 0.25) is 0 Å². The van der Waals surface area contributed by atoms with Crippen LogP contribution in [0, 0.1) is 17.3 Å². The van der Waals surface area contributed by atoms with Gasteiger partial charge in [0.2, 0.25) is 0 Å². The molecule has 3 aliphatic rings. The standard InChI is InChI=1S/C13H16O5/c1-7-11(15)17-5-3-8-6-9-10(14)2-4-13(8,9)12(16)18-7/h7-9H,2-6H2,1H3/t7-,8-,9+,13-/m0/s1. The van der Waals surface area contributed by atoms with Gasteiger partial charge in [-0.3, -0.25) is 9.59 Å². The van der Waals surface area contributed by atoms with Crippen molar-refractivity contribution >= 4 is 17.7 Å². The molecule has 0 radical (unpaired) electrons. The van der Waals surface area contributed by atoms with Crippen LogP contribution in [0.25, 0.3) is 0 Å². The molecule has 3 rings (SSSR count). The second-order valence-electron chi connectivity index (χ2n) is 5.50. The first-order valence-electron chi connectivity index (χ1n) is 6.46. The molecular formula is C13H16O5. The van der Waals surface area contributed by atoms with Crippen molar-refractivity contribution in [2.45, 2.75) is 38.7 Å². The van der Waals surface area contributed by atoms with E-state index in [2.05, 4.69) is 0 Å². The largest absolute Gasteiger partial charge is 0.463 e. The average Bonchev–Trinajstić information content (AvgIpc) is 2.57. The van der Waals surface area contributed by atoms with E-state index in [1.807, 2.05) is 0 Å². The van der Waals surface area contributed by atoms with Gasteiger partial charge in [0.05, 0.1) is 12.0 Å². The molecule has 5 nitrogen and oxygen atoms in total. The summed E-state index contributed by atoms with van der Waals surface area (Å²) in [6, 6.07) is 0. The lowest BCUT2D eigenvalue weighted by atomic mass is 9.53. The van der Waals surface area contributed by atoms with Crippen molar-refractivity contribution in [2.75, 3.05) is 6.61 Å². The number of ether oxygens (including phenoxy) is 2. The number of rotatable bonds is 0. The van der Waals surface area contributed by atoms with Crippen molar-refractivity contribution in [3.05, 3.63) is 0 Å². The first kappa shape index (κ1) is 11.7. The van der Waals surface area contributed by atoms with E-state index in [1.54, 1.807) is 0 Å². The molecule has 2 aliphatic carbocycles. The summed E-state index contributed by atoms with van der Waals surface area (Å²) in [5.74, 6) is -0.764. The highest BCUT2D eigenvalue weighted by atomic mass is 16.6. The van der Waals surface area contributed by atoms with Gasteiger partial charge < -0.3 is 9.47 Å². The molecule has 1 spiro atoms. The fraction of sp³-hybridized carbons (Fsp3) is 0.769. The third-order valence-electron chi connectivity index (χ3n) is 4.75. The van der Waals surface area contributed by atoms with Crippen molar-refractivity contribution in [3.8, 4) is 0 Å². The zero-order valence-electron chi connectivity index (χ0n) is 10.3. The van der Waals surface area contributed by atoms with Crippen LogP contribution in [0.5, 0.6) is 0 Å². The first-order valence-corrected chi connectivity index (χ1v) is 6.46. The predicted molar refractivity (Wildman–Crippen MR) is 59.4 cm³/mol. The molecule has 18 heavy (non-hydrogen) atoms. The molecule has 1 heterocycles. The average molecular weight is 252 g/mol. The highest BCUT2D eigenvalue weighted by molar-refractivity contribution is 5.95.